The molecular formula is C17H16FN5O3S2. The SMILES string of the molecule is O=C(CCN=C1NS(=O)(=O)c2ccccc21)NNC(=S)Nc1ccccc1F. The van der Waals surface area contributed by atoms with Crippen LogP contribution in [0, 0.1) is 5.82 Å². The smallest absolute Gasteiger partial charge is 0.263 e. The van der Waals surface area contributed by atoms with Gasteiger partial charge in [0.15, 0.2) is 5.11 Å². The number of aliphatic imine (C=N–C) groups is 1. The van der Waals surface area contributed by atoms with Crippen LogP contribution in [0.4, 0.5) is 10.1 Å². The number of anilines is 1. The van der Waals surface area contributed by atoms with Crippen LogP contribution in [0.2, 0.25) is 0 Å². The van der Waals surface area contributed by atoms with Gasteiger partial charge in [0.1, 0.15) is 11.7 Å². The zero-order valence-corrected chi connectivity index (χ0v) is 16.0. The number of para-hydroxylation sites is 1. The molecule has 0 bridgehead atoms. The van der Waals surface area contributed by atoms with E-state index in [9.17, 15) is 17.6 Å². The summed E-state index contributed by atoms with van der Waals surface area (Å²) in [5.41, 5.74) is 5.46. The maximum absolute atomic E-state index is 13.5. The van der Waals surface area contributed by atoms with Crippen molar-refractivity contribution in [3.8, 4) is 0 Å². The molecule has 0 saturated carbocycles. The number of rotatable bonds is 4. The number of sulfonamides is 1. The summed E-state index contributed by atoms with van der Waals surface area (Å²) >= 11 is 4.98. The Labute approximate surface area is 166 Å². The normalized spacial score (nSPS) is 15.4. The van der Waals surface area contributed by atoms with Gasteiger partial charge >= 0.3 is 0 Å². The van der Waals surface area contributed by atoms with Gasteiger partial charge in [-0.25, -0.2) is 12.8 Å². The average molecular weight is 421 g/mol. The molecule has 28 heavy (non-hydrogen) atoms. The third-order valence-corrected chi connectivity index (χ3v) is 5.31. The lowest BCUT2D eigenvalue weighted by molar-refractivity contribution is -0.121. The molecule has 3 rings (SSSR count). The molecule has 0 aliphatic carbocycles. The van der Waals surface area contributed by atoms with E-state index in [0.717, 1.165) is 0 Å². The Hall–Kier alpha value is -3.05. The summed E-state index contributed by atoms with van der Waals surface area (Å²) < 4.78 is 39.8. The fourth-order valence-electron chi connectivity index (χ4n) is 2.43. The highest BCUT2D eigenvalue weighted by Crippen LogP contribution is 2.22. The van der Waals surface area contributed by atoms with Crippen LogP contribution in [-0.4, -0.2) is 31.8 Å². The number of amidine groups is 1. The molecule has 0 unspecified atom stereocenters. The van der Waals surface area contributed by atoms with Crippen LogP contribution in [0.25, 0.3) is 0 Å². The van der Waals surface area contributed by atoms with E-state index in [2.05, 4.69) is 25.9 Å². The lowest BCUT2D eigenvalue weighted by Gasteiger charge is -2.11. The Bertz CT molecular complexity index is 1060. The number of carbonyl (C=O) groups excluding carboxylic acids is 1. The second-order valence-electron chi connectivity index (χ2n) is 5.69. The molecule has 0 aromatic heterocycles. The topological polar surface area (TPSA) is 112 Å². The monoisotopic (exact) mass is 421 g/mol. The summed E-state index contributed by atoms with van der Waals surface area (Å²) in [6.45, 7) is 0.0627. The van der Waals surface area contributed by atoms with Crippen molar-refractivity contribution in [1.82, 2.24) is 15.6 Å². The van der Waals surface area contributed by atoms with Gasteiger partial charge in [0, 0.05) is 12.0 Å². The number of thiocarbonyl (C=S) groups is 1. The highest BCUT2D eigenvalue weighted by Gasteiger charge is 2.29. The van der Waals surface area contributed by atoms with Crippen molar-refractivity contribution in [1.29, 1.82) is 0 Å². The van der Waals surface area contributed by atoms with Gasteiger partial charge in [-0.05, 0) is 36.5 Å². The van der Waals surface area contributed by atoms with Crippen LogP contribution in [0.15, 0.2) is 58.4 Å². The molecule has 0 fully saturated rings. The molecule has 1 aliphatic rings. The van der Waals surface area contributed by atoms with Crippen LogP contribution in [-0.2, 0) is 14.8 Å². The number of nitrogens with one attached hydrogen (secondary N) is 4. The highest BCUT2D eigenvalue weighted by molar-refractivity contribution is 7.90. The van der Waals surface area contributed by atoms with Crippen molar-refractivity contribution < 1.29 is 17.6 Å². The Kier molecular flexibility index (Phi) is 5.85. The molecule has 2 aromatic rings. The average Bonchev–Trinajstić information content (AvgIpc) is 2.93. The number of hydrogen-bond acceptors (Lipinski definition) is 5. The number of hydrogen-bond donors (Lipinski definition) is 4. The first-order chi connectivity index (χ1) is 13.4. The van der Waals surface area contributed by atoms with Gasteiger partial charge in [0.25, 0.3) is 10.0 Å². The fourth-order valence-corrected chi connectivity index (χ4v) is 3.84. The largest absolute Gasteiger partial charge is 0.329 e. The summed E-state index contributed by atoms with van der Waals surface area (Å²) in [4.78, 5) is 16.2. The standard InChI is InChI=1S/C17H16FN5O3S2/c18-12-6-2-3-7-13(12)20-17(27)22-21-15(24)9-10-19-16-11-5-1-4-8-14(11)28(25,26)23-16/h1-8H,9-10H2,(H,19,23)(H,21,24)(H2,20,22,27). The Balaban J connectivity index is 1.48. The maximum atomic E-state index is 13.5. The summed E-state index contributed by atoms with van der Waals surface area (Å²) in [7, 11) is -3.61. The van der Waals surface area contributed by atoms with Crippen LogP contribution in [0.3, 0.4) is 0 Å². The molecule has 0 spiro atoms. The van der Waals surface area contributed by atoms with Crippen molar-refractivity contribution in [3.63, 3.8) is 0 Å². The van der Waals surface area contributed by atoms with Crippen molar-refractivity contribution in [2.45, 2.75) is 11.3 Å². The third kappa shape index (κ3) is 4.61. The summed E-state index contributed by atoms with van der Waals surface area (Å²) in [5.74, 6) is -0.697. The predicted octanol–water partition coefficient (Wildman–Crippen LogP) is 1.27. The van der Waals surface area contributed by atoms with Gasteiger partial charge in [-0.2, -0.15) is 0 Å². The number of carbonyl (C=O) groups is 1. The van der Waals surface area contributed by atoms with Crippen LogP contribution in [0.5, 0.6) is 0 Å². The molecule has 0 atom stereocenters. The molecule has 0 saturated heterocycles. The van der Waals surface area contributed by atoms with E-state index in [1.54, 1.807) is 30.3 Å². The summed E-state index contributed by atoms with van der Waals surface area (Å²) in [6.07, 6.45) is -0.0112. The minimum Gasteiger partial charge on any atom is -0.329 e. The van der Waals surface area contributed by atoms with Gasteiger partial charge in [-0.15, -0.1) is 0 Å². The second-order valence-corrected chi connectivity index (χ2v) is 7.75. The van der Waals surface area contributed by atoms with Gasteiger partial charge in [-0.1, -0.05) is 24.3 Å². The first kappa shape index (κ1) is 19.7. The zero-order chi connectivity index (χ0) is 20.1. The van der Waals surface area contributed by atoms with Crippen molar-refractivity contribution in [2.75, 3.05) is 11.9 Å². The molecule has 1 heterocycles. The number of amides is 1. The number of halogens is 1. The molecule has 11 heteroatoms. The van der Waals surface area contributed by atoms with Crippen LogP contribution < -0.4 is 20.9 Å². The minimum atomic E-state index is -3.61. The number of hydrazine groups is 1. The van der Waals surface area contributed by atoms with Crippen molar-refractivity contribution >= 4 is 44.8 Å². The van der Waals surface area contributed by atoms with E-state index in [1.165, 1.54) is 18.2 Å². The molecule has 0 radical (unpaired) electrons. The van der Waals surface area contributed by atoms with E-state index < -0.39 is 21.7 Å². The van der Waals surface area contributed by atoms with E-state index in [-0.39, 0.29) is 34.5 Å². The Morgan fingerprint density at radius 1 is 1.11 bits per heavy atom. The first-order valence-electron chi connectivity index (χ1n) is 8.14. The van der Waals surface area contributed by atoms with Gasteiger partial charge < -0.3 is 5.32 Å². The van der Waals surface area contributed by atoms with E-state index >= 15 is 0 Å². The third-order valence-electron chi connectivity index (χ3n) is 3.71. The molecule has 1 aliphatic heterocycles. The number of fused-ring (bicyclic) bond motifs is 1. The van der Waals surface area contributed by atoms with Crippen LogP contribution >= 0.6 is 12.2 Å². The van der Waals surface area contributed by atoms with E-state index in [0.29, 0.717) is 5.56 Å². The van der Waals surface area contributed by atoms with Crippen LogP contribution in [0.1, 0.15) is 12.0 Å². The Morgan fingerprint density at radius 3 is 2.61 bits per heavy atom. The predicted molar refractivity (Wildman–Crippen MR) is 107 cm³/mol. The van der Waals surface area contributed by atoms with Gasteiger partial charge in [0.2, 0.25) is 5.91 Å². The Morgan fingerprint density at radius 2 is 1.82 bits per heavy atom. The van der Waals surface area contributed by atoms with Gasteiger partial charge in [0.05, 0.1) is 17.1 Å². The van der Waals surface area contributed by atoms with Crippen molar-refractivity contribution in [2.24, 2.45) is 4.99 Å². The van der Waals surface area contributed by atoms with E-state index in [1.807, 2.05) is 0 Å². The molecular weight excluding hydrogens is 405 g/mol. The molecule has 1 amide bonds. The van der Waals surface area contributed by atoms with E-state index in [4.69, 9.17) is 12.2 Å². The lowest BCUT2D eigenvalue weighted by atomic mass is 10.2. The number of nitrogens with zero attached hydrogens (tertiary/aromatic N) is 1. The molecule has 2 aromatic carbocycles. The summed E-state index contributed by atoms with van der Waals surface area (Å²) in [5, 5.41) is 2.63. The number of benzene rings is 2. The zero-order valence-electron chi connectivity index (χ0n) is 14.4. The second kappa shape index (κ2) is 8.31. The van der Waals surface area contributed by atoms with Gasteiger partial charge in [-0.3, -0.25) is 25.4 Å². The maximum Gasteiger partial charge on any atom is 0.263 e. The molecule has 4 N–H and O–H groups in total. The molecule has 146 valence electrons. The molecule has 8 nitrogen and oxygen atoms in total. The summed E-state index contributed by atoms with van der Waals surface area (Å²) in [6, 6.07) is 12.4. The van der Waals surface area contributed by atoms with Crippen molar-refractivity contribution in [3.05, 3.63) is 59.9 Å². The first-order valence-corrected chi connectivity index (χ1v) is 10.0. The lowest BCUT2D eigenvalue weighted by Crippen LogP contribution is -2.44. The highest BCUT2D eigenvalue weighted by atomic mass is 32.2. The minimum absolute atomic E-state index is 0.0112. The fraction of sp³-hybridized carbons (Fsp3) is 0.118. The quantitative estimate of drug-likeness (QED) is 0.437.